The van der Waals surface area contributed by atoms with Gasteiger partial charge in [0.05, 0.1) is 12.5 Å². The highest BCUT2D eigenvalue weighted by atomic mass is 16.5. The van der Waals surface area contributed by atoms with Crippen LogP contribution in [0.2, 0.25) is 0 Å². The molecule has 0 N–H and O–H groups in total. The maximum atomic E-state index is 11.1. The number of hydrogen-bond donors (Lipinski definition) is 0. The summed E-state index contributed by atoms with van der Waals surface area (Å²) in [7, 11) is 0. The van der Waals surface area contributed by atoms with Crippen LogP contribution in [0.25, 0.3) is 0 Å². The highest BCUT2D eigenvalue weighted by Crippen LogP contribution is 2.38. The average Bonchev–Trinajstić information content (AvgIpc) is 2.34. The van der Waals surface area contributed by atoms with E-state index in [1.807, 2.05) is 0 Å². The molecular formula is C9H12O2. The largest absolute Gasteiger partial charge is 0.465 e. The summed E-state index contributed by atoms with van der Waals surface area (Å²) in [5.74, 6) is 0.451. The van der Waals surface area contributed by atoms with E-state index in [1.165, 1.54) is 6.42 Å². The van der Waals surface area contributed by atoms with Crippen LogP contribution < -0.4 is 0 Å². The molecule has 0 spiro atoms. The van der Waals surface area contributed by atoms with E-state index < -0.39 is 0 Å². The van der Waals surface area contributed by atoms with Gasteiger partial charge in [-0.25, -0.2) is 0 Å². The molecule has 1 saturated heterocycles. The van der Waals surface area contributed by atoms with Gasteiger partial charge in [-0.05, 0) is 19.3 Å². The maximum Gasteiger partial charge on any atom is 0.313 e. The molecule has 0 radical (unpaired) electrons. The van der Waals surface area contributed by atoms with Crippen LogP contribution in [0, 0.1) is 11.8 Å². The molecule has 1 saturated carbocycles. The van der Waals surface area contributed by atoms with Crippen LogP contribution in [0.1, 0.15) is 19.3 Å². The number of esters is 1. The fourth-order valence-electron chi connectivity index (χ4n) is 2.06. The van der Waals surface area contributed by atoms with Gasteiger partial charge in [0, 0.05) is 5.92 Å². The summed E-state index contributed by atoms with van der Waals surface area (Å²) in [6, 6.07) is 0. The Kier molecular flexibility index (Phi) is 1.48. The minimum atomic E-state index is -0.0419. The molecule has 11 heavy (non-hydrogen) atoms. The standard InChI is InChI=1S/C9H12O2/c1-6-3-2-4-7-5-11-9(10)8(6)7/h7-8H,1-5H2/t7-,8-/m0/s1. The molecule has 0 aromatic rings. The molecule has 1 aliphatic carbocycles. The second kappa shape index (κ2) is 2.36. The molecular weight excluding hydrogens is 140 g/mol. The lowest BCUT2D eigenvalue weighted by atomic mass is 9.78. The first kappa shape index (κ1) is 6.89. The minimum absolute atomic E-state index is 0.0419. The number of hydrogen-bond acceptors (Lipinski definition) is 2. The van der Waals surface area contributed by atoms with Crippen LogP contribution in [0.5, 0.6) is 0 Å². The molecule has 0 aromatic carbocycles. The summed E-state index contributed by atoms with van der Waals surface area (Å²) in [6.45, 7) is 4.53. The van der Waals surface area contributed by atoms with Crippen LogP contribution >= 0.6 is 0 Å². The van der Waals surface area contributed by atoms with Gasteiger partial charge in [-0.3, -0.25) is 4.79 Å². The fourth-order valence-corrected chi connectivity index (χ4v) is 2.06. The molecule has 60 valence electrons. The Morgan fingerprint density at radius 2 is 2.36 bits per heavy atom. The van der Waals surface area contributed by atoms with Crippen molar-refractivity contribution in [1.29, 1.82) is 0 Å². The smallest absolute Gasteiger partial charge is 0.313 e. The van der Waals surface area contributed by atoms with Crippen molar-refractivity contribution in [3.63, 3.8) is 0 Å². The fraction of sp³-hybridized carbons (Fsp3) is 0.667. The zero-order valence-electron chi connectivity index (χ0n) is 6.51. The van der Waals surface area contributed by atoms with Crippen LogP contribution in [0.15, 0.2) is 12.2 Å². The lowest BCUT2D eigenvalue weighted by Gasteiger charge is -2.22. The third kappa shape index (κ3) is 0.971. The predicted octanol–water partition coefficient (Wildman–Crippen LogP) is 1.52. The Morgan fingerprint density at radius 3 is 3.09 bits per heavy atom. The second-order valence-electron chi connectivity index (χ2n) is 3.42. The molecule has 0 amide bonds. The molecule has 2 fully saturated rings. The molecule has 2 heteroatoms. The van der Waals surface area contributed by atoms with Gasteiger partial charge >= 0.3 is 5.97 Å². The molecule has 2 rings (SSSR count). The average molecular weight is 152 g/mol. The highest BCUT2D eigenvalue weighted by Gasteiger charge is 2.40. The first-order valence-electron chi connectivity index (χ1n) is 4.13. The highest BCUT2D eigenvalue weighted by molar-refractivity contribution is 5.78. The van der Waals surface area contributed by atoms with Crippen molar-refractivity contribution in [1.82, 2.24) is 0 Å². The first-order valence-corrected chi connectivity index (χ1v) is 4.13. The zero-order chi connectivity index (χ0) is 7.84. The summed E-state index contributed by atoms with van der Waals surface area (Å²) < 4.78 is 4.97. The number of carbonyl (C=O) groups excluding carboxylic acids is 1. The molecule has 1 aliphatic heterocycles. The SMILES string of the molecule is C=C1CCC[C@H]2COC(=O)[C@@H]12. The van der Waals surface area contributed by atoms with Gasteiger partial charge in [0.15, 0.2) is 0 Å². The Labute approximate surface area is 66.2 Å². The lowest BCUT2D eigenvalue weighted by Crippen LogP contribution is -2.21. The van der Waals surface area contributed by atoms with E-state index in [1.54, 1.807) is 0 Å². The Morgan fingerprint density at radius 1 is 1.55 bits per heavy atom. The summed E-state index contributed by atoms with van der Waals surface area (Å²) in [4.78, 5) is 11.1. The van der Waals surface area contributed by atoms with Crippen LogP contribution in [0.3, 0.4) is 0 Å². The number of fused-ring (bicyclic) bond motifs is 1. The molecule has 0 unspecified atom stereocenters. The van der Waals surface area contributed by atoms with E-state index in [0.29, 0.717) is 12.5 Å². The third-order valence-electron chi connectivity index (χ3n) is 2.68. The Bertz CT molecular complexity index is 208. The van der Waals surface area contributed by atoms with Gasteiger partial charge in [0.2, 0.25) is 0 Å². The Hall–Kier alpha value is -0.790. The zero-order valence-corrected chi connectivity index (χ0v) is 6.51. The van der Waals surface area contributed by atoms with E-state index in [-0.39, 0.29) is 11.9 Å². The quantitative estimate of drug-likeness (QED) is 0.388. The molecule has 0 bridgehead atoms. The van der Waals surface area contributed by atoms with Crippen molar-refractivity contribution in [3.8, 4) is 0 Å². The number of rotatable bonds is 0. The molecule has 2 aliphatic rings. The van der Waals surface area contributed by atoms with Crippen molar-refractivity contribution < 1.29 is 9.53 Å². The third-order valence-corrected chi connectivity index (χ3v) is 2.68. The predicted molar refractivity (Wildman–Crippen MR) is 40.9 cm³/mol. The summed E-state index contributed by atoms with van der Waals surface area (Å²) in [5.41, 5.74) is 1.09. The number of carbonyl (C=O) groups is 1. The van der Waals surface area contributed by atoms with E-state index in [0.717, 1.165) is 18.4 Å². The molecule has 0 aromatic heterocycles. The normalized spacial score (nSPS) is 36.7. The van der Waals surface area contributed by atoms with Crippen LogP contribution in [-0.4, -0.2) is 12.6 Å². The Balaban J connectivity index is 2.21. The number of ether oxygens (including phenoxy) is 1. The first-order chi connectivity index (χ1) is 5.29. The summed E-state index contributed by atoms with van der Waals surface area (Å²) in [5, 5.41) is 0. The van der Waals surface area contributed by atoms with E-state index in [9.17, 15) is 4.79 Å². The van der Waals surface area contributed by atoms with Gasteiger partial charge in [-0.15, -0.1) is 0 Å². The molecule has 1 heterocycles. The van der Waals surface area contributed by atoms with Crippen molar-refractivity contribution in [3.05, 3.63) is 12.2 Å². The van der Waals surface area contributed by atoms with Gasteiger partial charge < -0.3 is 4.74 Å². The molecule has 2 atom stereocenters. The summed E-state index contributed by atoms with van der Waals surface area (Å²) in [6.07, 6.45) is 3.32. The van der Waals surface area contributed by atoms with Gasteiger partial charge in [-0.1, -0.05) is 12.2 Å². The van der Waals surface area contributed by atoms with Gasteiger partial charge in [0.1, 0.15) is 0 Å². The topological polar surface area (TPSA) is 26.3 Å². The van der Waals surface area contributed by atoms with Gasteiger partial charge in [-0.2, -0.15) is 0 Å². The van der Waals surface area contributed by atoms with E-state index in [4.69, 9.17) is 4.74 Å². The van der Waals surface area contributed by atoms with E-state index >= 15 is 0 Å². The van der Waals surface area contributed by atoms with E-state index in [2.05, 4.69) is 6.58 Å². The number of cyclic esters (lactones) is 1. The monoisotopic (exact) mass is 152 g/mol. The second-order valence-corrected chi connectivity index (χ2v) is 3.42. The summed E-state index contributed by atoms with van der Waals surface area (Å²) >= 11 is 0. The lowest BCUT2D eigenvalue weighted by molar-refractivity contribution is -0.140. The van der Waals surface area contributed by atoms with Crippen molar-refractivity contribution in [2.75, 3.05) is 6.61 Å². The van der Waals surface area contributed by atoms with Crippen molar-refractivity contribution >= 4 is 5.97 Å². The van der Waals surface area contributed by atoms with Crippen LogP contribution in [0.4, 0.5) is 0 Å². The van der Waals surface area contributed by atoms with Crippen molar-refractivity contribution in [2.24, 2.45) is 11.8 Å². The van der Waals surface area contributed by atoms with Gasteiger partial charge in [0.25, 0.3) is 0 Å². The molecule has 2 nitrogen and oxygen atoms in total. The van der Waals surface area contributed by atoms with Crippen molar-refractivity contribution in [2.45, 2.75) is 19.3 Å². The van der Waals surface area contributed by atoms with Crippen LogP contribution in [-0.2, 0) is 9.53 Å². The minimum Gasteiger partial charge on any atom is -0.465 e. The maximum absolute atomic E-state index is 11.1.